The molecule has 1 aliphatic rings. The summed E-state index contributed by atoms with van der Waals surface area (Å²) in [5.41, 5.74) is 7.92. The van der Waals surface area contributed by atoms with Gasteiger partial charge in [0.2, 0.25) is 0 Å². The number of rotatable bonds is 4. The maximum Gasteiger partial charge on any atom is 0.103 e. The van der Waals surface area contributed by atoms with Crippen LogP contribution < -0.4 is 5.73 Å². The fraction of sp³-hybridized carbons (Fsp3) is 0.538. The zero-order valence-electron chi connectivity index (χ0n) is 10.8. The van der Waals surface area contributed by atoms with Gasteiger partial charge < -0.3 is 10.6 Å². The van der Waals surface area contributed by atoms with Gasteiger partial charge in [0.05, 0.1) is 0 Å². The summed E-state index contributed by atoms with van der Waals surface area (Å²) in [6.07, 6.45) is 6.31. The van der Waals surface area contributed by atoms with Gasteiger partial charge in [0, 0.05) is 31.9 Å². The first-order valence-electron chi connectivity index (χ1n) is 5.97. The van der Waals surface area contributed by atoms with Crippen LogP contribution >= 0.6 is 12.6 Å². The molecule has 0 spiro atoms. The Hall–Kier alpha value is -0.710. The minimum Gasteiger partial charge on any atom is -0.369 e. The number of nitrogens with two attached hydrogens (primary N) is 1. The van der Waals surface area contributed by atoms with E-state index in [0.717, 1.165) is 31.8 Å². The normalized spacial score (nSPS) is 20.9. The largest absolute Gasteiger partial charge is 0.369 e. The van der Waals surface area contributed by atoms with Crippen LogP contribution in [0, 0.1) is 0 Å². The molecule has 3 nitrogen and oxygen atoms in total. The van der Waals surface area contributed by atoms with E-state index < -0.39 is 0 Å². The highest BCUT2D eigenvalue weighted by molar-refractivity contribution is 7.80. The lowest BCUT2D eigenvalue weighted by Gasteiger charge is -2.38. The Labute approximate surface area is 110 Å². The lowest BCUT2D eigenvalue weighted by molar-refractivity contribution is 0.154. The molecule has 0 aromatic rings. The Bertz CT molecular complexity index is 313. The Kier molecular flexibility index (Phi) is 5.82. The summed E-state index contributed by atoms with van der Waals surface area (Å²) in [6, 6.07) is 0. The fourth-order valence-electron chi connectivity index (χ4n) is 1.91. The standard InChI is InChI=1S/C13H23N3S/c1-4-5-12(10-11(2)3)15-6-8-16(9-7-15)13(14)17/h4-5,10,13,17H,2,6-9,14H2,1,3H3/b5-4+,12-10+. The van der Waals surface area contributed by atoms with Gasteiger partial charge in [0.15, 0.2) is 0 Å². The predicted octanol–water partition coefficient (Wildman–Crippen LogP) is 1.81. The highest BCUT2D eigenvalue weighted by atomic mass is 32.1. The van der Waals surface area contributed by atoms with Crippen molar-refractivity contribution in [2.24, 2.45) is 5.73 Å². The minimum absolute atomic E-state index is 0.146. The highest BCUT2D eigenvalue weighted by Gasteiger charge is 2.19. The molecule has 17 heavy (non-hydrogen) atoms. The molecule has 1 heterocycles. The van der Waals surface area contributed by atoms with E-state index in [1.54, 1.807) is 0 Å². The van der Waals surface area contributed by atoms with Gasteiger partial charge >= 0.3 is 0 Å². The van der Waals surface area contributed by atoms with E-state index in [-0.39, 0.29) is 5.50 Å². The number of hydrogen-bond donors (Lipinski definition) is 2. The number of thiol groups is 1. The molecule has 0 aromatic heterocycles. The Morgan fingerprint density at radius 1 is 1.35 bits per heavy atom. The number of allylic oxidation sites excluding steroid dienone is 4. The molecule has 1 atom stereocenters. The summed E-state index contributed by atoms with van der Waals surface area (Å²) < 4.78 is 0. The van der Waals surface area contributed by atoms with Crippen LogP contribution in [-0.4, -0.2) is 41.5 Å². The Morgan fingerprint density at radius 3 is 2.35 bits per heavy atom. The van der Waals surface area contributed by atoms with Crippen molar-refractivity contribution in [2.45, 2.75) is 19.3 Å². The van der Waals surface area contributed by atoms with Crippen LogP contribution in [0.4, 0.5) is 0 Å². The third kappa shape index (κ3) is 4.58. The first kappa shape index (κ1) is 14.4. The fourth-order valence-corrected chi connectivity index (χ4v) is 2.14. The lowest BCUT2D eigenvalue weighted by Crippen LogP contribution is -2.50. The van der Waals surface area contributed by atoms with E-state index >= 15 is 0 Å². The van der Waals surface area contributed by atoms with Gasteiger partial charge in [-0.25, -0.2) is 0 Å². The molecular formula is C13H23N3S. The molecule has 0 amide bonds. The van der Waals surface area contributed by atoms with Crippen molar-refractivity contribution in [1.29, 1.82) is 0 Å². The van der Waals surface area contributed by atoms with Crippen molar-refractivity contribution in [1.82, 2.24) is 9.80 Å². The van der Waals surface area contributed by atoms with Gasteiger partial charge in [-0.2, -0.15) is 0 Å². The van der Waals surface area contributed by atoms with Crippen molar-refractivity contribution in [3.63, 3.8) is 0 Å². The molecule has 4 heteroatoms. The molecule has 96 valence electrons. The quantitative estimate of drug-likeness (QED) is 0.455. The summed E-state index contributed by atoms with van der Waals surface area (Å²) in [4.78, 5) is 4.54. The van der Waals surface area contributed by atoms with E-state index in [4.69, 9.17) is 5.73 Å². The van der Waals surface area contributed by atoms with E-state index in [2.05, 4.69) is 47.2 Å². The molecule has 0 saturated carbocycles. The Balaban J connectivity index is 2.64. The third-order valence-corrected chi connectivity index (χ3v) is 3.11. The van der Waals surface area contributed by atoms with Crippen molar-refractivity contribution < 1.29 is 0 Å². The number of hydrogen-bond acceptors (Lipinski definition) is 4. The molecule has 1 fully saturated rings. The van der Waals surface area contributed by atoms with E-state index in [1.165, 1.54) is 5.70 Å². The van der Waals surface area contributed by atoms with Crippen molar-refractivity contribution in [2.75, 3.05) is 26.2 Å². The SMILES string of the molecule is C=C(C)/C=C(\C=C\C)N1CCN(C(N)S)CC1. The van der Waals surface area contributed by atoms with E-state index in [0.29, 0.717) is 0 Å². The highest BCUT2D eigenvalue weighted by Crippen LogP contribution is 2.14. The molecule has 1 rings (SSSR count). The second-order valence-electron chi connectivity index (χ2n) is 4.35. The van der Waals surface area contributed by atoms with Gasteiger partial charge in [0.1, 0.15) is 5.50 Å². The maximum atomic E-state index is 5.76. The van der Waals surface area contributed by atoms with Crippen LogP contribution in [0.2, 0.25) is 0 Å². The van der Waals surface area contributed by atoms with Crippen molar-refractivity contribution in [3.8, 4) is 0 Å². The Morgan fingerprint density at radius 2 is 1.94 bits per heavy atom. The molecule has 0 aliphatic carbocycles. The molecule has 0 radical (unpaired) electrons. The average molecular weight is 253 g/mol. The van der Waals surface area contributed by atoms with Crippen LogP contribution in [0.5, 0.6) is 0 Å². The second kappa shape index (κ2) is 6.89. The monoisotopic (exact) mass is 253 g/mol. The number of nitrogens with zero attached hydrogens (tertiary/aromatic N) is 2. The summed E-state index contributed by atoms with van der Waals surface area (Å²) in [6.45, 7) is 11.9. The van der Waals surface area contributed by atoms with Crippen LogP contribution in [0.1, 0.15) is 13.8 Å². The molecule has 1 unspecified atom stereocenters. The average Bonchev–Trinajstić information content (AvgIpc) is 2.28. The first-order valence-corrected chi connectivity index (χ1v) is 6.48. The molecule has 2 N–H and O–H groups in total. The van der Waals surface area contributed by atoms with Gasteiger partial charge in [-0.05, 0) is 26.0 Å². The minimum atomic E-state index is -0.146. The second-order valence-corrected chi connectivity index (χ2v) is 4.88. The van der Waals surface area contributed by atoms with Crippen LogP contribution in [0.3, 0.4) is 0 Å². The van der Waals surface area contributed by atoms with Gasteiger partial charge in [-0.3, -0.25) is 4.90 Å². The van der Waals surface area contributed by atoms with E-state index in [9.17, 15) is 0 Å². The number of piperazine rings is 1. The summed E-state index contributed by atoms with van der Waals surface area (Å²) >= 11 is 4.26. The maximum absolute atomic E-state index is 5.76. The van der Waals surface area contributed by atoms with Crippen LogP contribution in [0.15, 0.2) is 36.1 Å². The van der Waals surface area contributed by atoms with Crippen molar-refractivity contribution in [3.05, 3.63) is 36.1 Å². The molecule has 1 saturated heterocycles. The van der Waals surface area contributed by atoms with Crippen molar-refractivity contribution >= 4 is 12.6 Å². The van der Waals surface area contributed by atoms with Crippen LogP contribution in [-0.2, 0) is 0 Å². The third-order valence-electron chi connectivity index (χ3n) is 2.79. The van der Waals surface area contributed by atoms with Crippen LogP contribution in [0.25, 0.3) is 0 Å². The summed E-state index contributed by atoms with van der Waals surface area (Å²) in [5.74, 6) is 0. The zero-order valence-corrected chi connectivity index (χ0v) is 11.7. The smallest absolute Gasteiger partial charge is 0.103 e. The first-order chi connectivity index (χ1) is 8.04. The topological polar surface area (TPSA) is 32.5 Å². The summed E-state index contributed by atoms with van der Waals surface area (Å²) in [7, 11) is 0. The van der Waals surface area contributed by atoms with E-state index in [1.807, 2.05) is 13.8 Å². The van der Waals surface area contributed by atoms with Gasteiger partial charge in [-0.1, -0.05) is 18.2 Å². The predicted molar refractivity (Wildman–Crippen MR) is 77.8 cm³/mol. The molecule has 0 aromatic carbocycles. The zero-order chi connectivity index (χ0) is 12.8. The molecular weight excluding hydrogens is 230 g/mol. The van der Waals surface area contributed by atoms with Gasteiger partial charge in [-0.15, -0.1) is 12.6 Å². The molecule has 1 aliphatic heterocycles. The lowest BCUT2D eigenvalue weighted by atomic mass is 10.2. The summed E-state index contributed by atoms with van der Waals surface area (Å²) in [5, 5.41) is 0. The van der Waals surface area contributed by atoms with Gasteiger partial charge in [0.25, 0.3) is 0 Å². The molecule has 0 bridgehead atoms.